The lowest BCUT2D eigenvalue weighted by atomic mass is 9.92. The number of carbonyl (C=O) groups is 1. The number of aliphatic hydroxyl groups is 1. The number of hydrogen-bond acceptors (Lipinski definition) is 3. The minimum atomic E-state index is -0.319. The molecule has 1 aliphatic heterocycles. The van der Waals surface area contributed by atoms with E-state index in [2.05, 4.69) is 0 Å². The number of aliphatic hydroxyl groups excluding tert-OH is 1. The SMILES string of the molecule is CC(O)C1CCN(C(=O)c2ccc(O)c(Cl)c2)CC1. The molecule has 104 valence electrons. The largest absolute Gasteiger partial charge is 0.506 e. The molecule has 1 saturated heterocycles. The van der Waals surface area contributed by atoms with Crippen LogP contribution in [0, 0.1) is 5.92 Å². The predicted octanol–water partition coefficient (Wildman–Crippen LogP) is 2.28. The number of hydrogen-bond donors (Lipinski definition) is 2. The summed E-state index contributed by atoms with van der Waals surface area (Å²) in [5.74, 6) is 0.171. The number of halogens is 1. The first kappa shape index (κ1) is 14.2. The van der Waals surface area contributed by atoms with Crippen molar-refractivity contribution in [1.29, 1.82) is 0 Å². The Labute approximate surface area is 117 Å². The highest BCUT2D eigenvalue weighted by atomic mass is 35.5. The fourth-order valence-corrected chi connectivity index (χ4v) is 2.59. The van der Waals surface area contributed by atoms with E-state index < -0.39 is 0 Å². The van der Waals surface area contributed by atoms with Crippen molar-refractivity contribution >= 4 is 17.5 Å². The third-order valence-electron chi connectivity index (χ3n) is 3.70. The average molecular weight is 284 g/mol. The zero-order valence-corrected chi connectivity index (χ0v) is 11.6. The number of aromatic hydroxyl groups is 1. The van der Waals surface area contributed by atoms with Crippen LogP contribution in [0.25, 0.3) is 0 Å². The molecule has 1 aliphatic rings. The van der Waals surface area contributed by atoms with E-state index in [-0.39, 0.29) is 28.7 Å². The molecule has 0 saturated carbocycles. The van der Waals surface area contributed by atoms with Crippen LogP contribution < -0.4 is 0 Å². The fraction of sp³-hybridized carbons (Fsp3) is 0.500. The fourth-order valence-electron chi connectivity index (χ4n) is 2.41. The molecule has 1 amide bonds. The Bertz CT molecular complexity index is 468. The molecule has 2 rings (SSSR count). The topological polar surface area (TPSA) is 60.8 Å². The van der Waals surface area contributed by atoms with Gasteiger partial charge < -0.3 is 15.1 Å². The maximum Gasteiger partial charge on any atom is 0.253 e. The normalized spacial score (nSPS) is 18.4. The van der Waals surface area contributed by atoms with Crippen LogP contribution in [0.4, 0.5) is 0 Å². The number of piperidine rings is 1. The van der Waals surface area contributed by atoms with E-state index in [0.717, 1.165) is 12.8 Å². The van der Waals surface area contributed by atoms with Gasteiger partial charge in [-0.2, -0.15) is 0 Å². The third-order valence-corrected chi connectivity index (χ3v) is 4.01. The van der Waals surface area contributed by atoms with E-state index in [1.165, 1.54) is 12.1 Å². The predicted molar refractivity (Wildman–Crippen MR) is 73.4 cm³/mol. The average Bonchev–Trinajstić information content (AvgIpc) is 2.41. The van der Waals surface area contributed by atoms with Crippen LogP contribution in [0.3, 0.4) is 0 Å². The van der Waals surface area contributed by atoms with Gasteiger partial charge in [-0.3, -0.25) is 4.79 Å². The molecule has 1 unspecified atom stereocenters. The van der Waals surface area contributed by atoms with Gasteiger partial charge in [0.15, 0.2) is 0 Å². The second kappa shape index (κ2) is 5.80. The molecule has 0 aromatic heterocycles. The van der Waals surface area contributed by atoms with E-state index in [1.54, 1.807) is 17.9 Å². The molecular weight excluding hydrogens is 266 g/mol. The lowest BCUT2D eigenvalue weighted by Crippen LogP contribution is -2.40. The summed E-state index contributed by atoms with van der Waals surface area (Å²) in [5.41, 5.74) is 0.485. The summed E-state index contributed by atoms with van der Waals surface area (Å²) < 4.78 is 0. The smallest absolute Gasteiger partial charge is 0.253 e. The van der Waals surface area contributed by atoms with Gasteiger partial charge >= 0.3 is 0 Å². The highest BCUT2D eigenvalue weighted by Gasteiger charge is 2.26. The Morgan fingerprint density at radius 1 is 1.42 bits per heavy atom. The van der Waals surface area contributed by atoms with Crippen LogP contribution in [0.15, 0.2) is 18.2 Å². The van der Waals surface area contributed by atoms with Gasteiger partial charge in [0.05, 0.1) is 11.1 Å². The third kappa shape index (κ3) is 3.19. The van der Waals surface area contributed by atoms with Crippen molar-refractivity contribution in [2.45, 2.75) is 25.9 Å². The van der Waals surface area contributed by atoms with Crippen molar-refractivity contribution in [1.82, 2.24) is 4.90 Å². The first-order valence-electron chi connectivity index (χ1n) is 6.45. The summed E-state index contributed by atoms with van der Waals surface area (Å²) >= 11 is 5.81. The Kier molecular flexibility index (Phi) is 4.32. The van der Waals surface area contributed by atoms with Crippen LogP contribution >= 0.6 is 11.6 Å². The van der Waals surface area contributed by atoms with E-state index in [0.29, 0.717) is 18.7 Å². The highest BCUT2D eigenvalue weighted by Crippen LogP contribution is 2.26. The maximum absolute atomic E-state index is 12.3. The summed E-state index contributed by atoms with van der Waals surface area (Å²) in [7, 11) is 0. The van der Waals surface area contributed by atoms with Crippen LogP contribution in [-0.2, 0) is 0 Å². The molecule has 19 heavy (non-hydrogen) atoms. The van der Waals surface area contributed by atoms with Crippen LogP contribution in [0.5, 0.6) is 5.75 Å². The van der Waals surface area contributed by atoms with Gasteiger partial charge in [-0.05, 0) is 43.9 Å². The van der Waals surface area contributed by atoms with Crippen molar-refractivity contribution in [2.24, 2.45) is 5.92 Å². The number of amides is 1. The Morgan fingerprint density at radius 2 is 2.05 bits per heavy atom. The first-order chi connectivity index (χ1) is 8.99. The van der Waals surface area contributed by atoms with Gasteiger partial charge in [0.2, 0.25) is 0 Å². The van der Waals surface area contributed by atoms with Crippen LogP contribution in [0.1, 0.15) is 30.1 Å². The zero-order chi connectivity index (χ0) is 14.0. The lowest BCUT2D eigenvalue weighted by Gasteiger charge is -2.33. The minimum Gasteiger partial charge on any atom is -0.506 e. The maximum atomic E-state index is 12.3. The molecular formula is C14H18ClNO3. The second-order valence-corrected chi connectivity index (χ2v) is 5.44. The zero-order valence-electron chi connectivity index (χ0n) is 10.8. The van der Waals surface area contributed by atoms with E-state index >= 15 is 0 Å². The molecule has 4 nitrogen and oxygen atoms in total. The quantitative estimate of drug-likeness (QED) is 0.875. The number of phenols is 1. The van der Waals surface area contributed by atoms with Crippen LogP contribution in [0.2, 0.25) is 5.02 Å². The molecule has 1 atom stereocenters. The van der Waals surface area contributed by atoms with Crippen molar-refractivity contribution < 1.29 is 15.0 Å². The minimum absolute atomic E-state index is 0.0222. The van der Waals surface area contributed by atoms with Gasteiger partial charge in [0.1, 0.15) is 5.75 Å². The summed E-state index contributed by atoms with van der Waals surface area (Å²) in [5, 5.41) is 19.1. The van der Waals surface area contributed by atoms with E-state index in [1.807, 2.05) is 0 Å². The highest BCUT2D eigenvalue weighted by molar-refractivity contribution is 6.32. The van der Waals surface area contributed by atoms with Gasteiger partial charge in [-0.15, -0.1) is 0 Å². The standard InChI is InChI=1S/C14H18ClNO3/c1-9(17)10-4-6-16(7-5-10)14(19)11-2-3-13(18)12(15)8-11/h2-3,8-10,17-18H,4-7H2,1H3. The molecule has 0 bridgehead atoms. The molecule has 0 aliphatic carbocycles. The Hall–Kier alpha value is -1.26. The molecule has 1 aromatic carbocycles. The molecule has 1 fully saturated rings. The number of nitrogens with zero attached hydrogens (tertiary/aromatic N) is 1. The summed E-state index contributed by atoms with van der Waals surface area (Å²) in [6.07, 6.45) is 1.31. The lowest BCUT2D eigenvalue weighted by molar-refractivity contribution is 0.0521. The number of benzene rings is 1. The summed E-state index contributed by atoms with van der Waals surface area (Å²) in [4.78, 5) is 14.0. The first-order valence-corrected chi connectivity index (χ1v) is 6.82. The van der Waals surface area contributed by atoms with Crippen LogP contribution in [-0.4, -0.2) is 40.2 Å². The van der Waals surface area contributed by atoms with Gasteiger partial charge in [-0.1, -0.05) is 11.6 Å². The number of phenolic OH excluding ortho intramolecular Hbond substituents is 1. The molecule has 1 heterocycles. The van der Waals surface area contributed by atoms with Gasteiger partial charge in [0.25, 0.3) is 5.91 Å². The molecule has 1 aromatic rings. The number of rotatable bonds is 2. The van der Waals surface area contributed by atoms with Crippen molar-refractivity contribution in [3.8, 4) is 5.75 Å². The summed E-state index contributed by atoms with van der Waals surface area (Å²) in [6.45, 7) is 3.09. The molecule has 0 radical (unpaired) electrons. The van der Waals surface area contributed by atoms with Crippen molar-refractivity contribution in [3.05, 3.63) is 28.8 Å². The molecule has 0 spiro atoms. The Balaban J connectivity index is 2.03. The molecule has 5 heteroatoms. The van der Waals surface area contributed by atoms with Crippen molar-refractivity contribution in [3.63, 3.8) is 0 Å². The Morgan fingerprint density at radius 3 is 2.58 bits per heavy atom. The summed E-state index contributed by atoms with van der Waals surface area (Å²) in [6, 6.07) is 4.49. The van der Waals surface area contributed by atoms with E-state index in [9.17, 15) is 15.0 Å². The van der Waals surface area contributed by atoms with Gasteiger partial charge in [-0.25, -0.2) is 0 Å². The monoisotopic (exact) mass is 283 g/mol. The second-order valence-electron chi connectivity index (χ2n) is 5.04. The number of likely N-dealkylation sites (tertiary alicyclic amines) is 1. The molecule has 2 N–H and O–H groups in total. The number of carbonyl (C=O) groups excluding carboxylic acids is 1. The van der Waals surface area contributed by atoms with Crippen molar-refractivity contribution in [2.75, 3.05) is 13.1 Å². The van der Waals surface area contributed by atoms with Gasteiger partial charge in [0, 0.05) is 18.7 Å². The van der Waals surface area contributed by atoms with E-state index in [4.69, 9.17) is 11.6 Å².